The van der Waals surface area contributed by atoms with Crippen LogP contribution in [0.25, 0.3) is 0 Å². The highest BCUT2D eigenvalue weighted by Crippen LogP contribution is 2.48. The summed E-state index contributed by atoms with van der Waals surface area (Å²) in [6.45, 7) is -5.26. The van der Waals surface area contributed by atoms with Crippen LogP contribution in [0.3, 0.4) is 0 Å². The summed E-state index contributed by atoms with van der Waals surface area (Å²) < 4.78 is 204. The number of alkyl halides is 12. The molecular formula is C19H27F12NO7S. The van der Waals surface area contributed by atoms with E-state index in [0.717, 1.165) is 0 Å². The first-order valence-electron chi connectivity index (χ1n) is 10.9. The number of hydrogen-bond acceptors (Lipinski definition) is 6. The Labute approximate surface area is 220 Å². The number of amides is 1. The van der Waals surface area contributed by atoms with Crippen LogP contribution in [0.2, 0.25) is 0 Å². The lowest BCUT2D eigenvalue weighted by Gasteiger charge is -2.34. The highest BCUT2D eigenvalue weighted by atomic mass is 32.2. The molecule has 40 heavy (non-hydrogen) atoms. The van der Waals surface area contributed by atoms with Gasteiger partial charge in [-0.15, -0.1) is 0 Å². The van der Waals surface area contributed by atoms with Crippen molar-refractivity contribution >= 4 is 16.2 Å². The van der Waals surface area contributed by atoms with Gasteiger partial charge in [0.2, 0.25) is 0 Å². The molecule has 0 fully saturated rings. The van der Waals surface area contributed by atoms with Crippen LogP contribution in [-0.4, -0.2) is 92.5 Å². The molecule has 0 spiro atoms. The summed E-state index contributed by atoms with van der Waals surface area (Å²) in [5, 5.41) is 1.91. The van der Waals surface area contributed by atoms with E-state index in [-0.39, 0.29) is 6.42 Å². The number of carbonyl (C=O) groups is 1. The van der Waals surface area contributed by atoms with E-state index in [1.807, 2.05) is 5.32 Å². The van der Waals surface area contributed by atoms with Crippen molar-refractivity contribution in [2.24, 2.45) is 0 Å². The van der Waals surface area contributed by atoms with E-state index in [4.69, 9.17) is 4.55 Å². The highest BCUT2D eigenvalue weighted by Gasteiger charge is 2.69. The molecule has 0 aliphatic carbocycles. The van der Waals surface area contributed by atoms with Gasteiger partial charge < -0.3 is 19.5 Å². The third kappa shape index (κ3) is 10.9. The van der Waals surface area contributed by atoms with Gasteiger partial charge in [0.15, 0.2) is 5.79 Å². The molecular weight excluding hydrogens is 614 g/mol. The highest BCUT2D eigenvalue weighted by molar-refractivity contribution is 7.85. The van der Waals surface area contributed by atoms with Crippen molar-refractivity contribution < 1.29 is 84.7 Å². The summed E-state index contributed by atoms with van der Waals surface area (Å²) in [6, 6.07) is 0. The molecule has 0 saturated carbocycles. The number of carbonyl (C=O) groups excluding carboxylic acids is 1. The van der Waals surface area contributed by atoms with Crippen LogP contribution in [0.4, 0.5) is 57.5 Å². The minimum absolute atomic E-state index is 0.352. The predicted molar refractivity (Wildman–Crippen MR) is 111 cm³/mol. The number of alkyl carbamates (subject to hydrolysis) is 1. The Kier molecular flexibility index (Phi) is 12.5. The fraction of sp³-hybridized carbons (Fsp3) is 0.947. The van der Waals surface area contributed by atoms with Gasteiger partial charge in [0.25, 0.3) is 10.1 Å². The zero-order chi connectivity index (χ0) is 32.1. The minimum Gasteiger partial charge on any atom is -0.444 e. The van der Waals surface area contributed by atoms with E-state index in [0.29, 0.717) is 6.92 Å². The molecule has 0 aromatic carbocycles. The summed E-state index contributed by atoms with van der Waals surface area (Å²) in [5.41, 5.74) is 0. The summed E-state index contributed by atoms with van der Waals surface area (Å²) in [4.78, 5) is 11.7. The predicted octanol–water partition coefficient (Wildman–Crippen LogP) is 5.37. The molecule has 8 nitrogen and oxygen atoms in total. The van der Waals surface area contributed by atoms with Crippen LogP contribution in [-0.2, 0) is 24.3 Å². The summed E-state index contributed by atoms with van der Waals surface area (Å²) in [5.74, 6) is -36.5. The molecule has 0 aliphatic heterocycles. The zero-order valence-corrected chi connectivity index (χ0v) is 21.8. The average molecular weight is 641 g/mol. The molecule has 0 aliphatic rings. The van der Waals surface area contributed by atoms with Crippen molar-refractivity contribution in [1.29, 1.82) is 0 Å². The second-order valence-electron chi connectivity index (χ2n) is 8.81. The first kappa shape index (κ1) is 38.3. The second kappa shape index (κ2) is 13.1. The van der Waals surface area contributed by atoms with Gasteiger partial charge in [0.1, 0.15) is 6.61 Å². The maximum atomic E-state index is 13.7. The van der Waals surface area contributed by atoms with Crippen molar-refractivity contribution in [3.8, 4) is 0 Å². The van der Waals surface area contributed by atoms with Crippen molar-refractivity contribution in [3.63, 3.8) is 0 Å². The lowest BCUT2D eigenvalue weighted by atomic mass is 10.0. The number of hydrogen-bond donors (Lipinski definition) is 2. The summed E-state index contributed by atoms with van der Waals surface area (Å²) in [6.07, 6.45) is -6.06. The Bertz CT molecular complexity index is 893. The largest absolute Gasteiger partial charge is 0.444 e. The molecule has 0 atom stereocenters. The van der Waals surface area contributed by atoms with E-state index >= 15 is 0 Å². The third-order valence-electron chi connectivity index (χ3n) is 4.98. The zero-order valence-electron chi connectivity index (χ0n) is 21.0. The maximum Gasteiger partial charge on any atom is 0.407 e. The SMILES string of the molecule is CC(COC(=O)NCCCS(=O)(=O)O)(OCCC(F)(F)C(F)(F)C(C)(F)F)OCCC(F)(F)C(F)(F)C(C)(F)F. The van der Waals surface area contributed by atoms with E-state index < -0.39 is 116 Å². The monoisotopic (exact) mass is 641 g/mol. The fourth-order valence-corrected chi connectivity index (χ4v) is 3.07. The summed E-state index contributed by atoms with van der Waals surface area (Å²) >= 11 is 0. The van der Waals surface area contributed by atoms with Crippen molar-refractivity contribution in [3.05, 3.63) is 0 Å². The number of ether oxygens (including phenoxy) is 3. The van der Waals surface area contributed by atoms with Gasteiger partial charge in [-0.25, -0.2) is 4.79 Å². The van der Waals surface area contributed by atoms with E-state index in [1.54, 1.807) is 0 Å². The fourth-order valence-electron chi connectivity index (χ4n) is 2.56. The smallest absolute Gasteiger partial charge is 0.407 e. The van der Waals surface area contributed by atoms with E-state index in [1.165, 1.54) is 0 Å². The van der Waals surface area contributed by atoms with Gasteiger partial charge in [-0.2, -0.15) is 61.1 Å². The summed E-state index contributed by atoms with van der Waals surface area (Å²) in [7, 11) is -4.40. The Morgan fingerprint density at radius 2 is 1.12 bits per heavy atom. The van der Waals surface area contributed by atoms with Gasteiger partial charge in [0.05, 0.1) is 19.0 Å². The van der Waals surface area contributed by atoms with Crippen LogP contribution in [0, 0.1) is 0 Å². The molecule has 0 bridgehead atoms. The quantitative estimate of drug-likeness (QED) is 0.0896. The van der Waals surface area contributed by atoms with Crippen LogP contribution in [0.5, 0.6) is 0 Å². The first-order chi connectivity index (χ1) is 17.5. The molecule has 0 saturated heterocycles. The van der Waals surface area contributed by atoms with Gasteiger partial charge in [0, 0.05) is 33.2 Å². The van der Waals surface area contributed by atoms with Gasteiger partial charge >= 0.3 is 41.6 Å². The van der Waals surface area contributed by atoms with Crippen LogP contribution in [0.15, 0.2) is 0 Å². The third-order valence-corrected chi connectivity index (χ3v) is 5.79. The van der Waals surface area contributed by atoms with Crippen molar-refractivity contribution in [1.82, 2.24) is 5.32 Å². The molecule has 21 heteroatoms. The average Bonchev–Trinajstić information content (AvgIpc) is 2.72. The molecule has 240 valence electrons. The molecule has 2 N–H and O–H groups in total. The second-order valence-corrected chi connectivity index (χ2v) is 10.4. The maximum absolute atomic E-state index is 13.7. The topological polar surface area (TPSA) is 111 Å². The molecule has 0 aromatic rings. The minimum atomic E-state index is -5.89. The van der Waals surface area contributed by atoms with Gasteiger partial charge in [-0.3, -0.25) is 4.55 Å². The number of rotatable bonds is 18. The number of halogens is 12. The number of nitrogens with one attached hydrogen (secondary N) is 1. The van der Waals surface area contributed by atoms with Gasteiger partial charge in [-0.05, 0) is 13.3 Å². The van der Waals surface area contributed by atoms with Crippen LogP contribution >= 0.6 is 0 Å². The Balaban J connectivity index is 5.48. The van der Waals surface area contributed by atoms with Crippen molar-refractivity contribution in [2.45, 2.75) is 81.4 Å². The van der Waals surface area contributed by atoms with Crippen LogP contribution in [0.1, 0.15) is 40.0 Å². The van der Waals surface area contributed by atoms with E-state index in [2.05, 4.69) is 14.2 Å². The molecule has 0 rings (SSSR count). The lowest BCUT2D eigenvalue weighted by Crippen LogP contribution is -2.54. The van der Waals surface area contributed by atoms with Crippen molar-refractivity contribution in [2.75, 3.05) is 32.1 Å². The molecule has 0 unspecified atom stereocenters. The van der Waals surface area contributed by atoms with E-state index in [9.17, 15) is 65.9 Å². The molecule has 1 amide bonds. The van der Waals surface area contributed by atoms with Gasteiger partial charge in [-0.1, -0.05) is 0 Å². The Morgan fingerprint density at radius 1 is 0.750 bits per heavy atom. The lowest BCUT2D eigenvalue weighted by molar-refractivity contribution is -0.319. The molecule has 0 radical (unpaired) electrons. The molecule has 0 aromatic heterocycles. The Morgan fingerprint density at radius 3 is 1.45 bits per heavy atom. The normalized spacial score (nSPS) is 14.8. The first-order valence-corrected chi connectivity index (χ1v) is 12.5. The molecule has 0 heterocycles. The standard InChI is InChI=1S/C19H27F12NO7S/c1-13(11-37-12(33)32-7-4-10-40(34,35)36,38-8-5-16(24,25)18(28,29)14(2,20)21)39-9-6-17(26,27)19(30,31)15(3,22)23/h4-11H2,1-3H3,(H,32,33)(H,34,35,36). The Hall–Kier alpha value is -1.74. The van der Waals surface area contributed by atoms with Crippen LogP contribution < -0.4 is 5.32 Å².